The van der Waals surface area contributed by atoms with E-state index in [4.69, 9.17) is 29.6 Å². The molecule has 26 heavy (non-hydrogen) atoms. The van der Waals surface area contributed by atoms with E-state index in [1.807, 2.05) is 19.1 Å². The maximum absolute atomic E-state index is 14.0. The summed E-state index contributed by atoms with van der Waals surface area (Å²) in [4.78, 5) is 0.0503. The third kappa shape index (κ3) is 3.59. The average molecular weight is 408 g/mol. The van der Waals surface area contributed by atoms with Crippen LogP contribution in [0.5, 0.6) is 0 Å². The number of hydrogen-bond donors (Lipinski definition) is 2. The first-order valence-corrected chi connectivity index (χ1v) is 9.87. The predicted molar refractivity (Wildman–Crippen MR) is 112 cm³/mol. The highest BCUT2D eigenvalue weighted by atomic mass is 35.5. The van der Waals surface area contributed by atoms with E-state index in [0.717, 1.165) is 21.6 Å². The van der Waals surface area contributed by atoms with Crippen molar-refractivity contribution in [2.75, 3.05) is 5.75 Å². The van der Waals surface area contributed by atoms with Gasteiger partial charge in [0.05, 0.1) is 0 Å². The second kappa shape index (κ2) is 7.55. The molecular weight excluding hydrogens is 389 g/mol. The van der Waals surface area contributed by atoms with Crippen molar-refractivity contribution in [1.29, 1.82) is 0 Å². The Labute approximate surface area is 167 Å². The number of nitrogens with zero attached hydrogens (tertiary/aromatic N) is 1. The number of aryl methyl sites for hydroxylation is 2. The molecule has 0 bridgehead atoms. The molecule has 3 nitrogen and oxygen atoms in total. The highest BCUT2D eigenvalue weighted by Gasteiger charge is 2.44. The Bertz CT molecular complexity index is 887. The van der Waals surface area contributed by atoms with E-state index in [2.05, 4.69) is 23.5 Å². The van der Waals surface area contributed by atoms with Gasteiger partial charge in [0, 0.05) is 22.8 Å². The number of rotatable bonds is 3. The van der Waals surface area contributed by atoms with Gasteiger partial charge in [-0.3, -0.25) is 5.43 Å². The summed E-state index contributed by atoms with van der Waals surface area (Å²) < 4.78 is 14.0. The summed E-state index contributed by atoms with van der Waals surface area (Å²) in [5, 5.41) is 4.20. The first-order valence-electron chi connectivity index (χ1n) is 8.10. The van der Waals surface area contributed by atoms with E-state index in [1.54, 1.807) is 24.0 Å². The van der Waals surface area contributed by atoms with Gasteiger partial charge < -0.3 is 5.73 Å². The Morgan fingerprint density at radius 1 is 1.35 bits per heavy atom. The highest BCUT2D eigenvalue weighted by Crippen LogP contribution is 2.51. The van der Waals surface area contributed by atoms with Crippen LogP contribution in [-0.4, -0.2) is 17.1 Å². The zero-order valence-corrected chi connectivity index (χ0v) is 16.8. The van der Waals surface area contributed by atoms with E-state index in [9.17, 15) is 4.39 Å². The minimum atomic E-state index is -0.928. The molecule has 2 atom stereocenters. The minimum absolute atomic E-state index is 0.0857. The Balaban J connectivity index is 2.15. The molecule has 0 aromatic heterocycles. The van der Waals surface area contributed by atoms with Crippen molar-refractivity contribution in [3.63, 3.8) is 0 Å². The largest absolute Gasteiger partial charge is 0.375 e. The monoisotopic (exact) mass is 407 g/mol. The normalized spacial score (nSPS) is 22.2. The molecule has 1 aliphatic rings. The molecule has 1 heterocycles. The summed E-state index contributed by atoms with van der Waals surface area (Å²) in [5.41, 5.74) is 12.0. The molecule has 2 aromatic carbocycles. The second-order valence-electron chi connectivity index (χ2n) is 6.32. The number of halogens is 2. The molecule has 2 unspecified atom stereocenters. The quantitative estimate of drug-likeness (QED) is 0.341. The summed E-state index contributed by atoms with van der Waals surface area (Å²) in [5.74, 6) is 0.224. The first-order chi connectivity index (χ1) is 12.3. The van der Waals surface area contributed by atoms with E-state index in [1.165, 1.54) is 17.7 Å². The van der Waals surface area contributed by atoms with Crippen LogP contribution >= 0.6 is 35.6 Å². The van der Waals surface area contributed by atoms with Gasteiger partial charge in [0.25, 0.3) is 0 Å². The lowest BCUT2D eigenvalue weighted by Gasteiger charge is -2.39. The number of hydrazone groups is 1. The molecule has 0 radical (unpaired) electrons. The van der Waals surface area contributed by atoms with E-state index >= 15 is 0 Å². The van der Waals surface area contributed by atoms with Crippen LogP contribution in [0.25, 0.3) is 0 Å². The molecule has 136 valence electrons. The maximum Gasteiger partial charge on any atom is 0.184 e. The molecular formula is C19H19ClFN3S2. The molecule has 0 saturated heterocycles. The van der Waals surface area contributed by atoms with Crippen molar-refractivity contribution in [1.82, 2.24) is 5.43 Å². The third-order valence-electron chi connectivity index (χ3n) is 4.62. The van der Waals surface area contributed by atoms with Gasteiger partial charge in [-0.05, 0) is 66.5 Å². The number of hydrogen-bond acceptors (Lipinski definition) is 3. The lowest BCUT2D eigenvalue weighted by Crippen LogP contribution is -2.38. The Morgan fingerprint density at radius 2 is 2.12 bits per heavy atom. The van der Waals surface area contributed by atoms with Crippen molar-refractivity contribution in [3.8, 4) is 0 Å². The van der Waals surface area contributed by atoms with Crippen molar-refractivity contribution in [3.05, 3.63) is 64.5 Å². The van der Waals surface area contributed by atoms with Gasteiger partial charge in [-0.25, -0.2) is 4.39 Å². The standard InChI is InChI=1S/C19H19ClFN3S2/c1-11-3-4-13(7-12(11)2)19(20)14(9-23-24-18(22)25)10-26-17-6-5-15(21)8-16(17)19/h3-9,14H,10H2,1-2H3,(H3,22,24,25). The Kier molecular flexibility index (Phi) is 5.55. The van der Waals surface area contributed by atoms with Crippen molar-refractivity contribution in [2.24, 2.45) is 16.8 Å². The second-order valence-corrected chi connectivity index (χ2v) is 8.42. The smallest absolute Gasteiger partial charge is 0.184 e. The fourth-order valence-electron chi connectivity index (χ4n) is 3.08. The van der Waals surface area contributed by atoms with E-state index in [-0.39, 0.29) is 16.8 Å². The lowest BCUT2D eigenvalue weighted by atomic mass is 9.79. The molecule has 0 fully saturated rings. The summed E-state index contributed by atoms with van der Waals surface area (Å²) in [6, 6.07) is 10.9. The number of alkyl halides is 1. The molecule has 3 N–H and O–H groups in total. The highest BCUT2D eigenvalue weighted by molar-refractivity contribution is 7.99. The number of nitrogens with two attached hydrogens (primary N) is 1. The van der Waals surface area contributed by atoms with Crippen LogP contribution in [0.3, 0.4) is 0 Å². The molecule has 0 spiro atoms. The fourth-order valence-corrected chi connectivity index (χ4v) is 4.92. The van der Waals surface area contributed by atoms with Gasteiger partial charge in [-0.1, -0.05) is 18.2 Å². The fraction of sp³-hybridized carbons (Fsp3) is 0.263. The van der Waals surface area contributed by atoms with Crippen LogP contribution in [0.2, 0.25) is 0 Å². The summed E-state index contributed by atoms with van der Waals surface area (Å²) in [6.45, 7) is 4.09. The summed E-state index contributed by atoms with van der Waals surface area (Å²) >= 11 is 13.7. The molecule has 3 rings (SSSR count). The molecule has 2 aromatic rings. The molecule has 0 amide bonds. The topological polar surface area (TPSA) is 50.4 Å². The molecule has 0 saturated carbocycles. The third-order valence-corrected chi connectivity index (χ3v) is 6.61. The number of nitrogens with one attached hydrogen (secondary N) is 1. The number of fused-ring (bicyclic) bond motifs is 1. The van der Waals surface area contributed by atoms with Crippen molar-refractivity contribution < 1.29 is 4.39 Å². The molecule has 7 heteroatoms. The van der Waals surface area contributed by atoms with Gasteiger partial charge >= 0.3 is 0 Å². The average Bonchev–Trinajstić information content (AvgIpc) is 2.59. The number of thiocarbonyl (C=S) groups is 1. The molecule has 0 aliphatic carbocycles. The zero-order chi connectivity index (χ0) is 18.9. The van der Waals surface area contributed by atoms with Crippen molar-refractivity contribution >= 4 is 46.9 Å². The summed E-state index contributed by atoms with van der Waals surface area (Å²) in [6.07, 6.45) is 1.71. The Hall–Kier alpha value is -1.63. The zero-order valence-electron chi connectivity index (χ0n) is 14.4. The van der Waals surface area contributed by atoms with Gasteiger partial charge in [0.1, 0.15) is 10.7 Å². The van der Waals surface area contributed by atoms with Crippen molar-refractivity contribution in [2.45, 2.75) is 23.6 Å². The van der Waals surface area contributed by atoms with Crippen LogP contribution in [-0.2, 0) is 4.87 Å². The van der Waals surface area contributed by atoms with E-state index in [0.29, 0.717) is 5.75 Å². The Morgan fingerprint density at radius 3 is 2.81 bits per heavy atom. The minimum Gasteiger partial charge on any atom is -0.375 e. The van der Waals surface area contributed by atoms with Gasteiger partial charge in [-0.15, -0.1) is 23.4 Å². The van der Waals surface area contributed by atoms with Crippen LogP contribution < -0.4 is 11.2 Å². The SMILES string of the molecule is Cc1ccc(C2(Cl)c3cc(F)ccc3SCC2C=NNC(N)=S)cc1C. The van der Waals surface area contributed by atoms with Gasteiger partial charge in [0.2, 0.25) is 0 Å². The van der Waals surface area contributed by atoms with Crippen LogP contribution in [0, 0.1) is 25.6 Å². The molecule has 1 aliphatic heterocycles. The number of thioether (sulfide) groups is 1. The lowest BCUT2D eigenvalue weighted by molar-refractivity contribution is 0.568. The maximum atomic E-state index is 14.0. The van der Waals surface area contributed by atoms with Crippen LogP contribution in [0.15, 0.2) is 46.4 Å². The number of benzene rings is 2. The summed E-state index contributed by atoms with van der Waals surface area (Å²) in [7, 11) is 0. The van der Waals surface area contributed by atoms with Crippen LogP contribution in [0.4, 0.5) is 4.39 Å². The van der Waals surface area contributed by atoms with Gasteiger partial charge in [-0.2, -0.15) is 5.10 Å². The first kappa shape index (κ1) is 19.1. The van der Waals surface area contributed by atoms with Gasteiger partial charge in [0.15, 0.2) is 5.11 Å². The van der Waals surface area contributed by atoms with Crippen LogP contribution in [0.1, 0.15) is 22.3 Å². The predicted octanol–water partition coefficient (Wildman–Crippen LogP) is 4.47. The van der Waals surface area contributed by atoms with E-state index < -0.39 is 4.87 Å².